The number of unbranched alkanes of at least 4 members (excludes halogenated alkanes) is 5. The van der Waals surface area contributed by atoms with Crippen molar-refractivity contribution < 1.29 is 19.3 Å². The molecule has 0 aliphatic carbocycles. The zero-order valence-electron chi connectivity index (χ0n) is 11.6. The molecule has 0 saturated carbocycles. The predicted octanol–water partition coefficient (Wildman–Crippen LogP) is 2.49. The minimum atomic E-state index is -0.188. The molecular formula is C14H28O4. The number of hydrogen-bond donors (Lipinski definition) is 1. The molecule has 4 heteroatoms. The van der Waals surface area contributed by atoms with E-state index in [2.05, 4.69) is 6.92 Å². The van der Waals surface area contributed by atoms with Crippen molar-refractivity contribution in [3.05, 3.63) is 0 Å². The van der Waals surface area contributed by atoms with Gasteiger partial charge in [0.2, 0.25) is 0 Å². The molecule has 1 saturated heterocycles. The number of hydrogen-bond acceptors (Lipinski definition) is 4. The van der Waals surface area contributed by atoms with Crippen LogP contribution in [0.4, 0.5) is 0 Å². The van der Waals surface area contributed by atoms with Crippen molar-refractivity contribution in [1.29, 1.82) is 0 Å². The van der Waals surface area contributed by atoms with E-state index in [4.69, 9.17) is 19.3 Å². The summed E-state index contributed by atoms with van der Waals surface area (Å²) < 4.78 is 16.3. The molecule has 1 rings (SSSR count). The summed E-state index contributed by atoms with van der Waals surface area (Å²) in [5.41, 5.74) is 0. The van der Waals surface area contributed by atoms with Gasteiger partial charge in [-0.05, 0) is 6.42 Å². The summed E-state index contributed by atoms with van der Waals surface area (Å²) in [5.74, 6) is 0. The maximum Gasteiger partial charge on any atom is 0.160 e. The van der Waals surface area contributed by atoms with Crippen molar-refractivity contribution in [2.45, 2.75) is 64.3 Å². The average molecular weight is 260 g/mol. The van der Waals surface area contributed by atoms with Crippen LogP contribution in [-0.4, -0.2) is 43.9 Å². The third-order valence-electron chi connectivity index (χ3n) is 3.16. The number of ether oxygens (including phenoxy) is 3. The van der Waals surface area contributed by atoms with Crippen molar-refractivity contribution in [1.82, 2.24) is 0 Å². The first-order valence-corrected chi connectivity index (χ1v) is 7.32. The normalized spacial score (nSPS) is 23.7. The molecule has 0 radical (unpaired) electrons. The van der Waals surface area contributed by atoms with Gasteiger partial charge in [-0.15, -0.1) is 0 Å². The molecule has 0 aromatic heterocycles. The van der Waals surface area contributed by atoms with E-state index in [0.717, 1.165) is 19.4 Å². The lowest BCUT2D eigenvalue weighted by molar-refractivity contribution is -0.0810. The van der Waals surface area contributed by atoms with Crippen molar-refractivity contribution >= 4 is 0 Å². The fourth-order valence-corrected chi connectivity index (χ4v) is 2.02. The third kappa shape index (κ3) is 7.31. The molecule has 2 atom stereocenters. The Morgan fingerprint density at radius 1 is 1.11 bits per heavy atom. The van der Waals surface area contributed by atoms with Crippen LogP contribution in [0.2, 0.25) is 0 Å². The minimum Gasteiger partial charge on any atom is -0.394 e. The van der Waals surface area contributed by atoms with Crippen molar-refractivity contribution in [3.8, 4) is 0 Å². The second kappa shape index (κ2) is 10.7. The van der Waals surface area contributed by atoms with Crippen LogP contribution in [-0.2, 0) is 14.2 Å². The molecule has 0 aromatic carbocycles. The Balaban J connectivity index is 1.79. The van der Waals surface area contributed by atoms with Crippen molar-refractivity contribution in [2.24, 2.45) is 0 Å². The molecule has 18 heavy (non-hydrogen) atoms. The van der Waals surface area contributed by atoms with Gasteiger partial charge in [0, 0.05) is 13.0 Å². The standard InChI is InChI=1S/C14H28O4/c1-2-3-4-5-6-7-9-16-10-8-14-17-12-13(11-15)18-14/h13-15H,2-12H2,1H3/t13-,14+/m1/s1. The van der Waals surface area contributed by atoms with Crippen LogP contribution in [0, 0.1) is 0 Å². The summed E-state index contributed by atoms with van der Waals surface area (Å²) in [7, 11) is 0. The molecule has 1 heterocycles. The third-order valence-corrected chi connectivity index (χ3v) is 3.16. The van der Waals surface area contributed by atoms with Crippen LogP contribution >= 0.6 is 0 Å². The molecule has 0 unspecified atom stereocenters. The Morgan fingerprint density at radius 3 is 2.61 bits per heavy atom. The van der Waals surface area contributed by atoms with Gasteiger partial charge in [0.25, 0.3) is 0 Å². The van der Waals surface area contributed by atoms with E-state index in [1.54, 1.807) is 0 Å². The Morgan fingerprint density at radius 2 is 1.89 bits per heavy atom. The van der Waals surface area contributed by atoms with Crippen LogP contribution < -0.4 is 0 Å². The van der Waals surface area contributed by atoms with Crippen molar-refractivity contribution in [2.75, 3.05) is 26.4 Å². The quantitative estimate of drug-likeness (QED) is 0.580. The molecule has 1 aliphatic rings. The summed E-state index contributed by atoms with van der Waals surface area (Å²) in [6, 6.07) is 0. The molecule has 0 aromatic rings. The fraction of sp³-hybridized carbons (Fsp3) is 1.00. The highest BCUT2D eigenvalue weighted by molar-refractivity contribution is 4.63. The topological polar surface area (TPSA) is 47.9 Å². The molecule has 0 amide bonds. The van der Waals surface area contributed by atoms with Gasteiger partial charge < -0.3 is 19.3 Å². The lowest BCUT2D eigenvalue weighted by Gasteiger charge is -2.10. The smallest absolute Gasteiger partial charge is 0.160 e. The van der Waals surface area contributed by atoms with E-state index in [1.807, 2.05) is 0 Å². The Bertz CT molecular complexity index is 187. The first kappa shape index (κ1) is 15.9. The van der Waals surface area contributed by atoms with Crippen LogP contribution in [0.15, 0.2) is 0 Å². The van der Waals surface area contributed by atoms with E-state index >= 15 is 0 Å². The van der Waals surface area contributed by atoms with Crippen LogP contribution in [0.3, 0.4) is 0 Å². The summed E-state index contributed by atoms with van der Waals surface area (Å²) in [6.45, 7) is 4.28. The number of aliphatic hydroxyl groups is 1. The number of rotatable bonds is 11. The minimum absolute atomic E-state index is 0.0368. The van der Waals surface area contributed by atoms with Gasteiger partial charge in [0.1, 0.15) is 6.10 Å². The second-order valence-corrected chi connectivity index (χ2v) is 4.87. The Kier molecular flexibility index (Phi) is 9.48. The zero-order valence-corrected chi connectivity index (χ0v) is 11.6. The monoisotopic (exact) mass is 260 g/mol. The highest BCUT2D eigenvalue weighted by atomic mass is 16.7. The molecule has 0 spiro atoms. The SMILES string of the molecule is CCCCCCCCOCC[C@H]1OC[C@@H](CO)O1. The first-order valence-electron chi connectivity index (χ1n) is 7.32. The Hall–Kier alpha value is -0.160. The zero-order chi connectivity index (χ0) is 13.1. The van der Waals surface area contributed by atoms with E-state index in [9.17, 15) is 0 Å². The van der Waals surface area contributed by atoms with Crippen LogP contribution in [0.1, 0.15) is 51.9 Å². The largest absolute Gasteiger partial charge is 0.394 e. The van der Waals surface area contributed by atoms with Gasteiger partial charge in [0.15, 0.2) is 6.29 Å². The van der Waals surface area contributed by atoms with Gasteiger partial charge >= 0.3 is 0 Å². The van der Waals surface area contributed by atoms with Gasteiger partial charge in [-0.2, -0.15) is 0 Å². The van der Waals surface area contributed by atoms with Gasteiger partial charge in [-0.25, -0.2) is 0 Å². The van der Waals surface area contributed by atoms with E-state index in [-0.39, 0.29) is 19.0 Å². The summed E-state index contributed by atoms with van der Waals surface area (Å²) in [4.78, 5) is 0. The van der Waals surface area contributed by atoms with Crippen LogP contribution in [0.25, 0.3) is 0 Å². The molecular weight excluding hydrogens is 232 g/mol. The van der Waals surface area contributed by atoms with Gasteiger partial charge in [-0.3, -0.25) is 0 Å². The lowest BCUT2D eigenvalue weighted by atomic mass is 10.1. The summed E-state index contributed by atoms with van der Waals surface area (Å²) >= 11 is 0. The maximum atomic E-state index is 8.88. The van der Waals surface area contributed by atoms with E-state index in [1.165, 1.54) is 32.1 Å². The Labute approximate surface area is 111 Å². The number of aliphatic hydroxyl groups excluding tert-OH is 1. The van der Waals surface area contributed by atoms with Crippen LogP contribution in [0.5, 0.6) is 0 Å². The fourth-order valence-electron chi connectivity index (χ4n) is 2.02. The summed E-state index contributed by atoms with van der Waals surface area (Å²) in [5, 5.41) is 8.88. The molecule has 1 N–H and O–H groups in total. The van der Waals surface area contributed by atoms with Crippen molar-refractivity contribution in [3.63, 3.8) is 0 Å². The van der Waals surface area contributed by atoms with E-state index in [0.29, 0.717) is 13.2 Å². The molecule has 1 aliphatic heterocycles. The first-order chi connectivity index (χ1) is 8.86. The van der Waals surface area contributed by atoms with E-state index < -0.39 is 0 Å². The van der Waals surface area contributed by atoms with Gasteiger partial charge in [-0.1, -0.05) is 39.0 Å². The highest BCUT2D eigenvalue weighted by Gasteiger charge is 2.24. The highest BCUT2D eigenvalue weighted by Crippen LogP contribution is 2.14. The lowest BCUT2D eigenvalue weighted by Crippen LogP contribution is -2.17. The predicted molar refractivity (Wildman–Crippen MR) is 70.5 cm³/mol. The molecule has 4 nitrogen and oxygen atoms in total. The molecule has 0 bridgehead atoms. The van der Waals surface area contributed by atoms with Gasteiger partial charge in [0.05, 0.1) is 19.8 Å². The molecule has 108 valence electrons. The maximum absolute atomic E-state index is 8.88. The molecule has 1 fully saturated rings. The average Bonchev–Trinajstić information content (AvgIpc) is 2.85. The second-order valence-electron chi connectivity index (χ2n) is 4.87. The summed E-state index contributed by atoms with van der Waals surface area (Å²) in [6.07, 6.45) is 8.16.